The highest BCUT2D eigenvalue weighted by atomic mass is 16.4. The lowest BCUT2D eigenvalue weighted by Crippen LogP contribution is -1.88. The molecule has 0 aliphatic carbocycles. The molecule has 0 saturated carbocycles. The van der Waals surface area contributed by atoms with Crippen molar-refractivity contribution in [1.82, 2.24) is 0 Å². The van der Waals surface area contributed by atoms with E-state index >= 15 is 0 Å². The van der Waals surface area contributed by atoms with Crippen molar-refractivity contribution in [3.8, 4) is 6.07 Å². The van der Waals surface area contributed by atoms with Gasteiger partial charge in [-0.1, -0.05) is 0 Å². The quantitative estimate of drug-likeness (QED) is 0.563. The number of nitrogens with zero attached hydrogens (tertiary/aromatic N) is 1. The Labute approximate surface area is 52.1 Å². The molecule has 0 amide bonds. The molecular formula is C6H5NO2. The highest BCUT2D eigenvalue weighted by Crippen LogP contribution is 2.10. The third-order valence-corrected chi connectivity index (χ3v) is 0.935. The molecule has 46 valence electrons. The zero-order valence-electron chi connectivity index (χ0n) is 4.61. The number of furan rings is 1. The maximum atomic E-state index is 8.76. The molecule has 0 bridgehead atoms. The fraction of sp³-hybridized carbons (Fsp3) is 0.167. The lowest BCUT2D eigenvalue weighted by molar-refractivity contribution is 0.204. The molecule has 0 aromatic carbocycles. The topological polar surface area (TPSA) is 57.2 Å². The molecule has 0 unspecified atom stereocenters. The lowest BCUT2D eigenvalue weighted by atomic mass is 10.3. The molecule has 0 radical (unpaired) electrons. The minimum atomic E-state index is -1.13. The second kappa shape index (κ2) is 2.33. The fourth-order valence-electron chi connectivity index (χ4n) is 0.510. The Kier molecular flexibility index (Phi) is 1.52. The monoisotopic (exact) mass is 123 g/mol. The van der Waals surface area contributed by atoms with Crippen molar-refractivity contribution >= 4 is 0 Å². The van der Waals surface area contributed by atoms with Gasteiger partial charge in [0.25, 0.3) is 0 Å². The van der Waals surface area contributed by atoms with Gasteiger partial charge in [0.15, 0.2) is 6.10 Å². The van der Waals surface area contributed by atoms with Gasteiger partial charge in [0.1, 0.15) is 11.8 Å². The van der Waals surface area contributed by atoms with Crippen LogP contribution in [0.2, 0.25) is 0 Å². The van der Waals surface area contributed by atoms with Gasteiger partial charge in [0.2, 0.25) is 0 Å². The van der Waals surface area contributed by atoms with Crippen LogP contribution in [0.25, 0.3) is 0 Å². The molecule has 1 aromatic rings. The van der Waals surface area contributed by atoms with Crippen LogP contribution in [-0.2, 0) is 0 Å². The van der Waals surface area contributed by atoms with Crippen LogP contribution in [-0.4, -0.2) is 5.11 Å². The average Bonchev–Trinajstić information content (AvgIpc) is 2.37. The Bertz CT molecular complexity index is 209. The van der Waals surface area contributed by atoms with Crippen LogP contribution in [0.5, 0.6) is 0 Å². The number of aliphatic hydroxyl groups is 1. The molecular weight excluding hydrogens is 118 g/mol. The van der Waals surface area contributed by atoms with E-state index in [-0.39, 0.29) is 5.76 Å². The Morgan fingerprint density at radius 2 is 2.56 bits per heavy atom. The predicted molar refractivity (Wildman–Crippen MR) is 29.3 cm³/mol. The van der Waals surface area contributed by atoms with Crippen molar-refractivity contribution < 1.29 is 9.52 Å². The third-order valence-electron chi connectivity index (χ3n) is 0.935. The van der Waals surface area contributed by atoms with Crippen LogP contribution < -0.4 is 0 Å². The van der Waals surface area contributed by atoms with Crippen LogP contribution in [0.1, 0.15) is 11.9 Å². The fourth-order valence-corrected chi connectivity index (χ4v) is 0.510. The van der Waals surface area contributed by atoms with Gasteiger partial charge in [-0.15, -0.1) is 0 Å². The maximum absolute atomic E-state index is 8.76. The standard InChI is InChI=1S/C6H5NO2/c7-4-5(8)6-2-1-3-9-6/h1-3,5,8H/t5-/m1/s1. The van der Waals surface area contributed by atoms with Crippen LogP contribution >= 0.6 is 0 Å². The van der Waals surface area contributed by atoms with E-state index in [1.54, 1.807) is 18.2 Å². The van der Waals surface area contributed by atoms with Crippen molar-refractivity contribution in [3.05, 3.63) is 24.2 Å². The molecule has 3 nitrogen and oxygen atoms in total. The van der Waals surface area contributed by atoms with Gasteiger partial charge < -0.3 is 9.52 Å². The molecule has 1 aromatic heterocycles. The van der Waals surface area contributed by atoms with Crippen LogP contribution in [0.3, 0.4) is 0 Å². The summed E-state index contributed by atoms with van der Waals surface area (Å²) in [4.78, 5) is 0. The summed E-state index contributed by atoms with van der Waals surface area (Å²) in [5.41, 5.74) is 0. The molecule has 1 rings (SSSR count). The molecule has 0 saturated heterocycles. The maximum Gasteiger partial charge on any atom is 0.198 e. The molecule has 1 N–H and O–H groups in total. The van der Waals surface area contributed by atoms with Gasteiger partial charge in [-0.05, 0) is 12.1 Å². The minimum absolute atomic E-state index is 0.289. The number of aliphatic hydroxyl groups excluding tert-OH is 1. The lowest BCUT2D eigenvalue weighted by Gasteiger charge is -1.91. The first kappa shape index (κ1) is 5.86. The van der Waals surface area contributed by atoms with Gasteiger partial charge in [0, 0.05) is 0 Å². The molecule has 1 heterocycles. The van der Waals surface area contributed by atoms with Crippen LogP contribution in [0, 0.1) is 11.3 Å². The van der Waals surface area contributed by atoms with E-state index in [2.05, 4.69) is 0 Å². The number of hydrogen-bond acceptors (Lipinski definition) is 3. The molecule has 0 spiro atoms. The second-order valence-corrected chi connectivity index (χ2v) is 1.55. The molecule has 1 atom stereocenters. The summed E-state index contributed by atoms with van der Waals surface area (Å²) in [5, 5.41) is 16.9. The normalized spacial score (nSPS) is 12.4. The highest BCUT2D eigenvalue weighted by molar-refractivity contribution is 5.08. The SMILES string of the molecule is N#C[C@@H](O)c1ccco1. The molecule has 0 fully saturated rings. The van der Waals surface area contributed by atoms with Gasteiger partial charge in [-0.25, -0.2) is 0 Å². The summed E-state index contributed by atoms with van der Waals surface area (Å²) >= 11 is 0. The summed E-state index contributed by atoms with van der Waals surface area (Å²) < 4.78 is 4.71. The first-order chi connectivity index (χ1) is 4.34. The molecule has 9 heavy (non-hydrogen) atoms. The van der Waals surface area contributed by atoms with E-state index in [1.807, 2.05) is 0 Å². The first-order valence-corrected chi connectivity index (χ1v) is 2.45. The van der Waals surface area contributed by atoms with E-state index in [1.165, 1.54) is 6.26 Å². The average molecular weight is 123 g/mol. The van der Waals surface area contributed by atoms with Crippen molar-refractivity contribution in [2.45, 2.75) is 6.10 Å². The molecule has 0 aliphatic heterocycles. The Balaban J connectivity index is 2.80. The van der Waals surface area contributed by atoms with E-state index in [0.29, 0.717) is 0 Å². The predicted octanol–water partition coefficient (Wildman–Crippen LogP) is 0.837. The van der Waals surface area contributed by atoms with E-state index in [4.69, 9.17) is 14.8 Å². The smallest absolute Gasteiger partial charge is 0.198 e. The van der Waals surface area contributed by atoms with Crippen molar-refractivity contribution in [2.75, 3.05) is 0 Å². The zero-order valence-corrected chi connectivity index (χ0v) is 4.61. The number of rotatable bonds is 1. The van der Waals surface area contributed by atoms with Gasteiger partial charge in [-0.2, -0.15) is 5.26 Å². The minimum Gasteiger partial charge on any atom is -0.465 e. The summed E-state index contributed by atoms with van der Waals surface area (Å²) in [6, 6.07) is 4.80. The summed E-state index contributed by atoms with van der Waals surface area (Å²) in [6.45, 7) is 0. The third kappa shape index (κ3) is 1.09. The van der Waals surface area contributed by atoms with Crippen molar-refractivity contribution in [1.29, 1.82) is 5.26 Å². The largest absolute Gasteiger partial charge is 0.465 e. The highest BCUT2D eigenvalue weighted by Gasteiger charge is 2.06. The van der Waals surface area contributed by atoms with Crippen LogP contribution in [0.4, 0.5) is 0 Å². The number of nitriles is 1. The summed E-state index contributed by atoms with van der Waals surface area (Å²) in [7, 11) is 0. The van der Waals surface area contributed by atoms with E-state index < -0.39 is 6.10 Å². The Morgan fingerprint density at radius 1 is 1.78 bits per heavy atom. The van der Waals surface area contributed by atoms with E-state index in [9.17, 15) is 0 Å². The van der Waals surface area contributed by atoms with Crippen LogP contribution in [0.15, 0.2) is 22.8 Å². The van der Waals surface area contributed by atoms with Crippen molar-refractivity contribution in [3.63, 3.8) is 0 Å². The summed E-state index contributed by atoms with van der Waals surface area (Å²) in [6.07, 6.45) is 0.288. The molecule has 0 aliphatic rings. The Hall–Kier alpha value is -1.27. The zero-order chi connectivity index (χ0) is 6.69. The van der Waals surface area contributed by atoms with Gasteiger partial charge >= 0.3 is 0 Å². The van der Waals surface area contributed by atoms with E-state index in [0.717, 1.165) is 0 Å². The first-order valence-electron chi connectivity index (χ1n) is 2.45. The Morgan fingerprint density at radius 3 is 3.00 bits per heavy atom. The van der Waals surface area contributed by atoms with Crippen molar-refractivity contribution in [2.24, 2.45) is 0 Å². The van der Waals surface area contributed by atoms with Gasteiger partial charge in [-0.3, -0.25) is 0 Å². The number of hydrogen-bond donors (Lipinski definition) is 1. The second-order valence-electron chi connectivity index (χ2n) is 1.55. The molecule has 3 heteroatoms. The summed E-state index contributed by atoms with van der Waals surface area (Å²) in [5.74, 6) is 0.289. The van der Waals surface area contributed by atoms with Gasteiger partial charge in [0.05, 0.1) is 6.26 Å².